The third-order valence-electron chi connectivity index (χ3n) is 3.26. The number of nitrogens with zero attached hydrogens (tertiary/aromatic N) is 3. The molecule has 0 aliphatic carbocycles. The van der Waals surface area contributed by atoms with Crippen LogP contribution in [0.2, 0.25) is 0 Å². The number of ether oxygens (including phenoxy) is 1. The lowest BCUT2D eigenvalue weighted by molar-refractivity contribution is 0.1000. The van der Waals surface area contributed by atoms with Gasteiger partial charge in [-0.05, 0) is 36.4 Å². The lowest BCUT2D eigenvalue weighted by Crippen LogP contribution is -2.10. The molecule has 1 amide bonds. The largest absolute Gasteiger partial charge is 0.438 e. The van der Waals surface area contributed by atoms with Gasteiger partial charge in [0, 0.05) is 25.0 Å². The van der Waals surface area contributed by atoms with E-state index in [9.17, 15) is 4.79 Å². The molecule has 7 nitrogen and oxygen atoms in total. The van der Waals surface area contributed by atoms with Gasteiger partial charge in [0.25, 0.3) is 0 Å². The highest BCUT2D eigenvalue weighted by Gasteiger charge is 2.11. The van der Waals surface area contributed by atoms with Gasteiger partial charge in [0.2, 0.25) is 17.7 Å². The molecular formula is C17H15N5O2. The number of primary amides is 1. The Bertz CT molecular complexity index is 882. The number of hydrogen-bond acceptors (Lipinski definition) is 6. The first kappa shape index (κ1) is 15.4. The Balaban J connectivity index is 1.98. The summed E-state index contributed by atoms with van der Waals surface area (Å²) in [6, 6.07) is 12.0. The molecule has 1 aromatic carbocycles. The van der Waals surface area contributed by atoms with Gasteiger partial charge in [0.05, 0.1) is 11.3 Å². The third kappa shape index (κ3) is 3.30. The standard InChI is InChI=1S/C17H15N5O2/c1-19-17-21-9-7-14(22-17)13-6-3-8-20-16(13)24-12-5-2-4-11(10-12)15(18)23/h2-10H,1H3,(H2,18,23)(H,19,21,22). The van der Waals surface area contributed by atoms with Crippen molar-refractivity contribution in [3.05, 3.63) is 60.4 Å². The van der Waals surface area contributed by atoms with E-state index in [1.807, 2.05) is 6.07 Å². The molecule has 3 rings (SSSR count). The highest BCUT2D eigenvalue weighted by atomic mass is 16.5. The van der Waals surface area contributed by atoms with Crippen molar-refractivity contribution in [3.63, 3.8) is 0 Å². The van der Waals surface area contributed by atoms with E-state index in [-0.39, 0.29) is 0 Å². The number of hydrogen-bond donors (Lipinski definition) is 2. The summed E-state index contributed by atoms with van der Waals surface area (Å²) in [7, 11) is 1.75. The van der Waals surface area contributed by atoms with E-state index in [0.717, 1.165) is 0 Å². The van der Waals surface area contributed by atoms with Crippen molar-refractivity contribution >= 4 is 11.9 Å². The van der Waals surface area contributed by atoms with Crippen LogP contribution in [-0.2, 0) is 0 Å². The summed E-state index contributed by atoms with van der Waals surface area (Å²) in [5.74, 6) is 0.822. The second-order valence-electron chi connectivity index (χ2n) is 4.87. The molecule has 0 fully saturated rings. The van der Waals surface area contributed by atoms with Crippen LogP contribution in [0.15, 0.2) is 54.9 Å². The zero-order valence-electron chi connectivity index (χ0n) is 12.9. The van der Waals surface area contributed by atoms with Gasteiger partial charge in [0.15, 0.2) is 0 Å². The van der Waals surface area contributed by atoms with Gasteiger partial charge in [-0.2, -0.15) is 0 Å². The van der Waals surface area contributed by atoms with Crippen LogP contribution in [-0.4, -0.2) is 27.9 Å². The molecule has 2 aromatic heterocycles. The van der Waals surface area contributed by atoms with Crippen molar-refractivity contribution in [2.24, 2.45) is 5.73 Å². The van der Waals surface area contributed by atoms with Crippen molar-refractivity contribution in [2.75, 3.05) is 12.4 Å². The van der Waals surface area contributed by atoms with Crippen LogP contribution in [0.3, 0.4) is 0 Å². The van der Waals surface area contributed by atoms with Gasteiger partial charge in [-0.25, -0.2) is 15.0 Å². The first-order chi connectivity index (χ1) is 11.7. The summed E-state index contributed by atoms with van der Waals surface area (Å²) in [5, 5.41) is 2.89. The molecular weight excluding hydrogens is 306 g/mol. The van der Waals surface area contributed by atoms with E-state index < -0.39 is 5.91 Å². The maximum Gasteiger partial charge on any atom is 0.248 e. The highest BCUT2D eigenvalue weighted by molar-refractivity contribution is 5.93. The van der Waals surface area contributed by atoms with Crippen molar-refractivity contribution < 1.29 is 9.53 Å². The molecule has 7 heteroatoms. The number of carbonyl (C=O) groups is 1. The summed E-state index contributed by atoms with van der Waals surface area (Å²) >= 11 is 0. The van der Waals surface area contributed by atoms with Crippen LogP contribution < -0.4 is 15.8 Å². The molecule has 0 atom stereocenters. The van der Waals surface area contributed by atoms with Crippen LogP contribution in [0.4, 0.5) is 5.95 Å². The topological polar surface area (TPSA) is 103 Å². The Morgan fingerprint density at radius 3 is 2.79 bits per heavy atom. The molecule has 0 saturated heterocycles. The van der Waals surface area contributed by atoms with E-state index in [0.29, 0.717) is 34.4 Å². The molecule has 0 radical (unpaired) electrons. The van der Waals surface area contributed by atoms with E-state index in [1.54, 1.807) is 55.8 Å². The maximum atomic E-state index is 11.3. The minimum atomic E-state index is -0.517. The van der Waals surface area contributed by atoms with Gasteiger partial charge in [-0.15, -0.1) is 0 Å². The Morgan fingerprint density at radius 1 is 1.12 bits per heavy atom. The van der Waals surface area contributed by atoms with Crippen molar-refractivity contribution in [1.82, 2.24) is 15.0 Å². The molecule has 0 spiro atoms. The zero-order valence-corrected chi connectivity index (χ0v) is 12.9. The second-order valence-corrected chi connectivity index (χ2v) is 4.87. The number of amides is 1. The predicted molar refractivity (Wildman–Crippen MR) is 89.8 cm³/mol. The fraction of sp³-hybridized carbons (Fsp3) is 0.0588. The monoisotopic (exact) mass is 321 g/mol. The highest BCUT2D eigenvalue weighted by Crippen LogP contribution is 2.30. The lowest BCUT2D eigenvalue weighted by atomic mass is 10.2. The van der Waals surface area contributed by atoms with Gasteiger partial charge in [0.1, 0.15) is 5.75 Å². The molecule has 120 valence electrons. The average Bonchev–Trinajstić information content (AvgIpc) is 2.62. The molecule has 0 saturated carbocycles. The smallest absolute Gasteiger partial charge is 0.248 e. The number of nitrogens with one attached hydrogen (secondary N) is 1. The van der Waals surface area contributed by atoms with Crippen LogP contribution in [0.5, 0.6) is 11.6 Å². The summed E-state index contributed by atoms with van der Waals surface area (Å²) in [6.07, 6.45) is 3.27. The molecule has 0 unspecified atom stereocenters. The van der Waals surface area contributed by atoms with E-state index in [1.165, 1.54) is 0 Å². The first-order valence-electron chi connectivity index (χ1n) is 7.21. The molecule has 0 aliphatic heterocycles. The van der Waals surface area contributed by atoms with Crippen LogP contribution >= 0.6 is 0 Å². The first-order valence-corrected chi connectivity index (χ1v) is 7.21. The normalized spacial score (nSPS) is 10.2. The molecule has 0 aliphatic rings. The van der Waals surface area contributed by atoms with Gasteiger partial charge >= 0.3 is 0 Å². The molecule has 0 bridgehead atoms. The number of rotatable bonds is 5. The Kier molecular flexibility index (Phi) is 4.33. The molecule has 3 aromatic rings. The van der Waals surface area contributed by atoms with E-state index in [4.69, 9.17) is 10.5 Å². The van der Waals surface area contributed by atoms with E-state index in [2.05, 4.69) is 20.3 Å². The summed E-state index contributed by atoms with van der Waals surface area (Å²) < 4.78 is 5.83. The Hall–Kier alpha value is -3.48. The van der Waals surface area contributed by atoms with Crippen molar-refractivity contribution in [3.8, 4) is 22.9 Å². The van der Waals surface area contributed by atoms with Gasteiger partial charge in [-0.3, -0.25) is 4.79 Å². The molecule has 3 N–H and O–H groups in total. The minimum Gasteiger partial charge on any atom is -0.438 e. The number of carbonyl (C=O) groups excluding carboxylic acids is 1. The average molecular weight is 321 g/mol. The SMILES string of the molecule is CNc1nccc(-c2cccnc2Oc2cccc(C(N)=O)c2)n1. The fourth-order valence-electron chi connectivity index (χ4n) is 2.12. The minimum absolute atomic E-state index is 0.365. The lowest BCUT2D eigenvalue weighted by Gasteiger charge is -2.10. The van der Waals surface area contributed by atoms with Crippen LogP contribution in [0.1, 0.15) is 10.4 Å². The van der Waals surface area contributed by atoms with Crippen molar-refractivity contribution in [2.45, 2.75) is 0 Å². The number of anilines is 1. The van der Waals surface area contributed by atoms with Crippen LogP contribution in [0.25, 0.3) is 11.3 Å². The van der Waals surface area contributed by atoms with Gasteiger partial charge in [-0.1, -0.05) is 6.07 Å². The molecule has 2 heterocycles. The van der Waals surface area contributed by atoms with E-state index >= 15 is 0 Å². The zero-order chi connectivity index (χ0) is 16.9. The number of pyridine rings is 1. The van der Waals surface area contributed by atoms with Gasteiger partial charge < -0.3 is 15.8 Å². The van der Waals surface area contributed by atoms with Crippen LogP contribution in [0, 0.1) is 0 Å². The summed E-state index contributed by atoms with van der Waals surface area (Å²) in [4.78, 5) is 24.0. The number of aromatic nitrogens is 3. The second kappa shape index (κ2) is 6.74. The fourth-order valence-corrected chi connectivity index (χ4v) is 2.12. The Morgan fingerprint density at radius 2 is 2.00 bits per heavy atom. The quantitative estimate of drug-likeness (QED) is 0.748. The summed E-state index contributed by atoms with van der Waals surface area (Å²) in [5.41, 5.74) is 7.04. The Labute approximate surface area is 138 Å². The van der Waals surface area contributed by atoms with Crippen molar-refractivity contribution in [1.29, 1.82) is 0 Å². The maximum absolute atomic E-state index is 11.3. The number of nitrogens with two attached hydrogens (primary N) is 1. The third-order valence-corrected chi connectivity index (χ3v) is 3.26. The number of benzene rings is 1. The predicted octanol–water partition coefficient (Wildman–Crippen LogP) is 2.47. The molecule has 24 heavy (non-hydrogen) atoms. The summed E-state index contributed by atoms with van der Waals surface area (Å²) in [6.45, 7) is 0.